The Bertz CT molecular complexity index is 230. The van der Waals surface area contributed by atoms with E-state index in [0.717, 1.165) is 13.1 Å². The Kier molecular flexibility index (Phi) is 5.09. The zero-order chi connectivity index (χ0) is 9.52. The van der Waals surface area contributed by atoms with E-state index in [1.807, 2.05) is 11.3 Å². The maximum Gasteiger partial charge on any atom is 0.0299 e. The minimum atomic E-state index is 1.05. The van der Waals surface area contributed by atoms with Crippen molar-refractivity contribution in [2.75, 3.05) is 6.54 Å². The standard InChI is InChI=1S/C11H19NS/c1-3-5-8-12-9-11-7-6-10(4-2)13-11/h6-7,12H,3-5,8-9H2,1-2H3. The summed E-state index contributed by atoms with van der Waals surface area (Å²) in [6.45, 7) is 6.63. The number of rotatable bonds is 6. The molecule has 1 aromatic rings. The fourth-order valence-electron chi connectivity index (χ4n) is 1.22. The molecule has 1 nitrogen and oxygen atoms in total. The summed E-state index contributed by atoms with van der Waals surface area (Å²) < 4.78 is 0. The van der Waals surface area contributed by atoms with E-state index in [4.69, 9.17) is 0 Å². The van der Waals surface area contributed by atoms with Gasteiger partial charge in [0, 0.05) is 16.3 Å². The fraction of sp³-hybridized carbons (Fsp3) is 0.636. The van der Waals surface area contributed by atoms with Crippen LogP contribution in [-0.4, -0.2) is 6.54 Å². The summed E-state index contributed by atoms with van der Waals surface area (Å²) in [7, 11) is 0. The van der Waals surface area contributed by atoms with Gasteiger partial charge >= 0.3 is 0 Å². The van der Waals surface area contributed by atoms with E-state index in [0.29, 0.717) is 0 Å². The number of nitrogens with one attached hydrogen (secondary N) is 1. The van der Waals surface area contributed by atoms with Crippen LogP contribution >= 0.6 is 11.3 Å². The number of thiophene rings is 1. The van der Waals surface area contributed by atoms with Crippen LogP contribution in [0.25, 0.3) is 0 Å². The van der Waals surface area contributed by atoms with E-state index in [9.17, 15) is 0 Å². The molecule has 0 aliphatic rings. The molecule has 0 saturated heterocycles. The molecule has 0 atom stereocenters. The van der Waals surface area contributed by atoms with Crippen molar-refractivity contribution in [3.05, 3.63) is 21.9 Å². The van der Waals surface area contributed by atoms with Gasteiger partial charge in [-0.25, -0.2) is 0 Å². The molecule has 0 aliphatic heterocycles. The van der Waals surface area contributed by atoms with Crippen LogP contribution < -0.4 is 5.32 Å². The molecule has 1 N–H and O–H groups in total. The van der Waals surface area contributed by atoms with Crippen LogP contribution in [0, 0.1) is 0 Å². The van der Waals surface area contributed by atoms with Crippen molar-refractivity contribution in [3.63, 3.8) is 0 Å². The van der Waals surface area contributed by atoms with E-state index in [1.165, 1.54) is 29.0 Å². The SMILES string of the molecule is CCCCNCc1ccc(CC)s1. The van der Waals surface area contributed by atoms with Gasteiger partial charge in [0.1, 0.15) is 0 Å². The Balaban J connectivity index is 2.20. The Labute approximate surface area is 85.2 Å². The van der Waals surface area contributed by atoms with Gasteiger partial charge in [-0.2, -0.15) is 0 Å². The molecule has 0 fully saturated rings. The Morgan fingerprint density at radius 2 is 2.00 bits per heavy atom. The van der Waals surface area contributed by atoms with Crippen LogP contribution in [-0.2, 0) is 13.0 Å². The van der Waals surface area contributed by atoms with Gasteiger partial charge in [0.05, 0.1) is 0 Å². The molecular weight excluding hydrogens is 178 g/mol. The first-order valence-corrected chi connectivity index (χ1v) is 5.96. The van der Waals surface area contributed by atoms with E-state index in [2.05, 4.69) is 31.3 Å². The van der Waals surface area contributed by atoms with Crippen LogP contribution in [0.1, 0.15) is 36.4 Å². The fourth-order valence-corrected chi connectivity index (χ4v) is 2.15. The van der Waals surface area contributed by atoms with Crippen molar-refractivity contribution in [1.29, 1.82) is 0 Å². The van der Waals surface area contributed by atoms with Crippen LogP contribution in [0.4, 0.5) is 0 Å². The van der Waals surface area contributed by atoms with Gasteiger partial charge in [0.15, 0.2) is 0 Å². The third kappa shape index (κ3) is 3.92. The van der Waals surface area contributed by atoms with Gasteiger partial charge in [0.25, 0.3) is 0 Å². The minimum absolute atomic E-state index is 1.05. The largest absolute Gasteiger partial charge is 0.312 e. The van der Waals surface area contributed by atoms with Crippen molar-refractivity contribution in [1.82, 2.24) is 5.32 Å². The van der Waals surface area contributed by atoms with Crippen molar-refractivity contribution < 1.29 is 0 Å². The molecule has 1 rings (SSSR count). The molecule has 0 aliphatic carbocycles. The maximum absolute atomic E-state index is 3.45. The molecular formula is C11H19NS. The number of unbranched alkanes of at least 4 members (excludes halogenated alkanes) is 1. The van der Waals surface area contributed by atoms with E-state index in [1.54, 1.807) is 0 Å². The molecule has 0 unspecified atom stereocenters. The lowest BCUT2D eigenvalue weighted by Crippen LogP contribution is -2.13. The third-order valence-electron chi connectivity index (χ3n) is 2.07. The number of hydrogen-bond donors (Lipinski definition) is 1. The van der Waals surface area contributed by atoms with Crippen LogP contribution in [0.3, 0.4) is 0 Å². The van der Waals surface area contributed by atoms with E-state index >= 15 is 0 Å². The van der Waals surface area contributed by atoms with Crippen molar-refractivity contribution in [2.45, 2.75) is 39.7 Å². The Morgan fingerprint density at radius 3 is 2.62 bits per heavy atom. The van der Waals surface area contributed by atoms with Crippen molar-refractivity contribution in [3.8, 4) is 0 Å². The predicted molar refractivity (Wildman–Crippen MR) is 60.3 cm³/mol. The molecule has 13 heavy (non-hydrogen) atoms. The highest BCUT2D eigenvalue weighted by atomic mass is 32.1. The highest BCUT2D eigenvalue weighted by Crippen LogP contribution is 2.16. The molecule has 0 saturated carbocycles. The molecule has 0 spiro atoms. The molecule has 74 valence electrons. The third-order valence-corrected chi connectivity index (χ3v) is 3.30. The molecule has 0 radical (unpaired) electrons. The van der Waals surface area contributed by atoms with Crippen LogP contribution in [0.15, 0.2) is 12.1 Å². The second-order valence-corrected chi connectivity index (χ2v) is 4.50. The van der Waals surface area contributed by atoms with Crippen molar-refractivity contribution in [2.24, 2.45) is 0 Å². The normalized spacial score (nSPS) is 10.6. The first-order valence-electron chi connectivity index (χ1n) is 5.15. The summed E-state index contributed by atoms with van der Waals surface area (Å²) in [6, 6.07) is 4.48. The lowest BCUT2D eigenvalue weighted by Gasteiger charge is -2.00. The highest BCUT2D eigenvalue weighted by molar-refractivity contribution is 7.11. The zero-order valence-corrected chi connectivity index (χ0v) is 9.41. The lowest BCUT2D eigenvalue weighted by molar-refractivity contribution is 0.646. The van der Waals surface area contributed by atoms with Gasteiger partial charge < -0.3 is 5.32 Å². The lowest BCUT2D eigenvalue weighted by atomic mass is 10.3. The second-order valence-electron chi connectivity index (χ2n) is 3.25. The zero-order valence-electron chi connectivity index (χ0n) is 8.60. The van der Waals surface area contributed by atoms with Gasteiger partial charge in [-0.1, -0.05) is 20.3 Å². The summed E-state index contributed by atoms with van der Waals surface area (Å²) in [5.41, 5.74) is 0. The summed E-state index contributed by atoms with van der Waals surface area (Å²) in [5.74, 6) is 0. The number of hydrogen-bond acceptors (Lipinski definition) is 2. The quantitative estimate of drug-likeness (QED) is 0.691. The molecule has 0 bridgehead atoms. The topological polar surface area (TPSA) is 12.0 Å². The van der Waals surface area contributed by atoms with Crippen molar-refractivity contribution >= 4 is 11.3 Å². The average Bonchev–Trinajstić information content (AvgIpc) is 2.60. The van der Waals surface area contributed by atoms with Gasteiger partial charge in [0.2, 0.25) is 0 Å². The number of aryl methyl sites for hydroxylation is 1. The van der Waals surface area contributed by atoms with Crippen LogP contribution in [0.2, 0.25) is 0 Å². The molecule has 2 heteroatoms. The van der Waals surface area contributed by atoms with Gasteiger partial charge in [-0.05, 0) is 31.5 Å². The average molecular weight is 197 g/mol. The Hall–Kier alpha value is -0.340. The smallest absolute Gasteiger partial charge is 0.0299 e. The van der Waals surface area contributed by atoms with Crippen LogP contribution in [0.5, 0.6) is 0 Å². The minimum Gasteiger partial charge on any atom is -0.312 e. The maximum atomic E-state index is 3.45. The first kappa shape index (κ1) is 10.7. The molecule has 0 amide bonds. The first-order chi connectivity index (χ1) is 6.36. The highest BCUT2D eigenvalue weighted by Gasteiger charge is 1.96. The summed E-state index contributed by atoms with van der Waals surface area (Å²) in [6.07, 6.45) is 3.73. The monoisotopic (exact) mass is 197 g/mol. The molecule has 1 aromatic heterocycles. The summed E-state index contributed by atoms with van der Waals surface area (Å²) >= 11 is 1.93. The predicted octanol–water partition coefficient (Wildman–Crippen LogP) is 3.20. The molecule has 1 heterocycles. The summed E-state index contributed by atoms with van der Waals surface area (Å²) in [5, 5.41) is 3.45. The van der Waals surface area contributed by atoms with Gasteiger partial charge in [-0.15, -0.1) is 11.3 Å². The second kappa shape index (κ2) is 6.17. The Morgan fingerprint density at radius 1 is 1.23 bits per heavy atom. The van der Waals surface area contributed by atoms with Gasteiger partial charge in [-0.3, -0.25) is 0 Å². The molecule has 0 aromatic carbocycles. The van der Waals surface area contributed by atoms with E-state index in [-0.39, 0.29) is 0 Å². The van der Waals surface area contributed by atoms with E-state index < -0.39 is 0 Å². The summed E-state index contributed by atoms with van der Waals surface area (Å²) in [4.78, 5) is 2.96.